The summed E-state index contributed by atoms with van der Waals surface area (Å²) in [6.45, 7) is 2.88. The second-order valence-corrected chi connectivity index (χ2v) is 5.45. The molecule has 0 bridgehead atoms. The van der Waals surface area contributed by atoms with Crippen LogP contribution in [0.15, 0.2) is 36.7 Å². The van der Waals surface area contributed by atoms with E-state index in [-0.39, 0.29) is 0 Å². The van der Waals surface area contributed by atoms with Crippen molar-refractivity contribution >= 4 is 5.82 Å². The Bertz CT molecular complexity index is 582. The Labute approximate surface area is 120 Å². The fraction of sp³-hybridized carbons (Fsp3) is 0.375. The molecule has 104 valence electrons. The molecule has 0 N–H and O–H groups in total. The molecule has 4 nitrogen and oxygen atoms in total. The van der Waals surface area contributed by atoms with Crippen molar-refractivity contribution in [3.8, 4) is 0 Å². The molecule has 0 unspecified atom stereocenters. The zero-order valence-corrected chi connectivity index (χ0v) is 12.1. The molecule has 2 heterocycles. The van der Waals surface area contributed by atoms with Crippen molar-refractivity contribution < 1.29 is 0 Å². The highest BCUT2D eigenvalue weighted by Crippen LogP contribution is 2.25. The molecule has 2 aromatic rings. The number of aromatic nitrogens is 2. The summed E-state index contributed by atoms with van der Waals surface area (Å²) in [5.41, 5.74) is 3.78. The number of hydrogen-bond acceptors (Lipinski definition) is 4. The van der Waals surface area contributed by atoms with E-state index in [0.29, 0.717) is 0 Å². The van der Waals surface area contributed by atoms with Gasteiger partial charge in [-0.1, -0.05) is 30.3 Å². The fourth-order valence-electron chi connectivity index (χ4n) is 2.72. The first-order valence-electron chi connectivity index (χ1n) is 7.00. The van der Waals surface area contributed by atoms with Gasteiger partial charge in [0.25, 0.3) is 0 Å². The number of benzene rings is 1. The number of hydrogen-bond donors (Lipinski definition) is 0. The first-order valence-corrected chi connectivity index (χ1v) is 7.00. The lowest BCUT2D eigenvalue weighted by molar-refractivity contribution is 0.309. The predicted molar refractivity (Wildman–Crippen MR) is 80.6 cm³/mol. The quantitative estimate of drug-likeness (QED) is 0.853. The highest BCUT2D eigenvalue weighted by molar-refractivity contribution is 5.49. The fourth-order valence-corrected chi connectivity index (χ4v) is 2.72. The molecule has 0 radical (unpaired) electrons. The summed E-state index contributed by atoms with van der Waals surface area (Å²) in [4.78, 5) is 13.5. The SMILES string of the molecule is CN1CCc2ncnc(N(C)Cc3ccccc3)c2C1. The van der Waals surface area contributed by atoms with Gasteiger partial charge in [-0.2, -0.15) is 0 Å². The third kappa shape index (κ3) is 2.65. The van der Waals surface area contributed by atoms with Gasteiger partial charge < -0.3 is 9.80 Å². The van der Waals surface area contributed by atoms with Crippen LogP contribution in [0.2, 0.25) is 0 Å². The van der Waals surface area contributed by atoms with Crippen LogP contribution >= 0.6 is 0 Å². The highest BCUT2D eigenvalue weighted by Gasteiger charge is 2.20. The summed E-state index contributed by atoms with van der Waals surface area (Å²) in [7, 11) is 4.25. The normalized spacial score (nSPS) is 14.9. The van der Waals surface area contributed by atoms with E-state index in [9.17, 15) is 0 Å². The summed E-state index contributed by atoms with van der Waals surface area (Å²) < 4.78 is 0. The van der Waals surface area contributed by atoms with Gasteiger partial charge in [0.05, 0.1) is 5.69 Å². The molecule has 0 spiro atoms. The topological polar surface area (TPSA) is 32.3 Å². The first kappa shape index (κ1) is 13.1. The van der Waals surface area contributed by atoms with Crippen LogP contribution in [-0.2, 0) is 19.5 Å². The minimum atomic E-state index is 0.869. The Morgan fingerprint density at radius 3 is 2.80 bits per heavy atom. The zero-order chi connectivity index (χ0) is 13.9. The van der Waals surface area contributed by atoms with Gasteiger partial charge in [-0.05, 0) is 12.6 Å². The highest BCUT2D eigenvalue weighted by atomic mass is 15.2. The van der Waals surface area contributed by atoms with Crippen LogP contribution in [0, 0.1) is 0 Å². The van der Waals surface area contributed by atoms with Crippen molar-refractivity contribution in [3.63, 3.8) is 0 Å². The minimum Gasteiger partial charge on any atom is -0.355 e. The maximum absolute atomic E-state index is 4.51. The summed E-state index contributed by atoms with van der Waals surface area (Å²) in [5.74, 6) is 1.06. The van der Waals surface area contributed by atoms with Crippen LogP contribution in [-0.4, -0.2) is 35.5 Å². The van der Waals surface area contributed by atoms with E-state index in [1.165, 1.54) is 16.8 Å². The van der Waals surface area contributed by atoms with E-state index >= 15 is 0 Å². The summed E-state index contributed by atoms with van der Waals surface area (Å²) in [5, 5.41) is 0. The molecular weight excluding hydrogens is 248 g/mol. The molecule has 20 heavy (non-hydrogen) atoms. The molecule has 0 atom stereocenters. The van der Waals surface area contributed by atoms with E-state index in [1.54, 1.807) is 6.33 Å². The van der Waals surface area contributed by atoms with Crippen molar-refractivity contribution in [2.24, 2.45) is 0 Å². The molecule has 1 aliphatic rings. The molecule has 4 heteroatoms. The molecule has 0 fully saturated rings. The first-order chi connectivity index (χ1) is 9.74. The molecular formula is C16H20N4. The van der Waals surface area contributed by atoms with Crippen LogP contribution in [0.25, 0.3) is 0 Å². The number of likely N-dealkylation sites (N-methyl/N-ethyl adjacent to an activating group) is 1. The molecule has 3 rings (SSSR count). The number of nitrogens with zero attached hydrogens (tertiary/aromatic N) is 4. The predicted octanol–water partition coefficient (Wildman–Crippen LogP) is 2.10. The summed E-state index contributed by atoms with van der Waals surface area (Å²) in [6.07, 6.45) is 2.71. The second-order valence-electron chi connectivity index (χ2n) is 5.45. The lowest BCUT2D eigenvalue weighted by atomic mass is 10.1. The van der Waals surface area contributed by atoms with Crippen LogP contribution in [0.4, 0.5) is 5.82 Å². The second kappa shape index (κ2) is 5.59. The third-order valence-corrected chi connectivity index (χ3v) is 3.79. The van der Waals surface area contributed by atoms with E-state index in [4.69, 9.17) is 0 Å². The molecule has 1 aromatic carbocycles. The summed E-state index contributed by atoms with van der Waals surface area (Å²) in [6, 6.07) is 10.5. The number of anilines is 1. The smallest absolute Gasteiger partial charge is 0.136 e. The van der Waals surface area contributed by atoms with Crippen molar-refractivity contribution in [3.05, 3.63) is 53.5 Å². The molecule has 0 aliphatic carbocycles. The van der Waals surface area contributed by atoms with Crippen molar-refractivity contribution in [2.75, 3.05) is 25.5 Å². The van der Waals surface area contributed by atoms with E-state index in [0.717, 1.165) is 31.9 Å². The molecule has 1 aliphatic heterocycles. The number of fused-ring (bicyclic) bond motifs is 1. The minimum absolute atomic E-state index is 0.869. The van der Waals surface area contributed by atoms with E-state index in [2.05, 4.69) is 58.1 Å². The average Bonchev–Trinajstić information content (AvgIpc) is 2.47. The maximum atomic E-state index is 4.51. The van der Waals surface area contributed by atoms with Gasteiger partial charge in [-0.15, -0.1) is 0 Å². The maximum Gasteiger partial charge on any atom is 0.136 e. The van der Waals surface area contributed by atoms with Gasteiger partial charge in [0.2, 0.25) is 0 Å². The van der Waals surface area contributed by atoms with Gasteiger partial charge in [-0.3, -0.25) is 0 Å². The number of rotatable bonds is 3. The Morgan fingerprint density at radius 1 is 1.20 bits per heavy atom. The summed E-state index contributed by atoms with van der Waals surface area (Å²) >= 11 is 0. The lowest BCUT2D eigenvalue weighted by Gasteiger charge is -2.28. The molecule has 0 amide bonds. The van der Waals surface area contributed by atoms with Gasteiger partial charge >= 0.3 is 0 Å². The lowest BCUT2D eigenvalue weighted by Crippen LogP contribution is -2.30. The standard InChI is InChI=1S/C16H20N4/c1-19-9-8-15-14(11-19)16(18-12-17-15)20(2)10-13-6-4-3-5-7-13/h3-7,12H,8-11H2,1-2H3. The van der Waals surface area contributed by atoms with Crippen LogP contribution in [0.1, 0.15) is 16.8 Å². The van der Waals surface area contributed by atoms with Gasteiger partial charge in [0, 0.05) is 38.7 Å². The third-order valence-electron chi connectivity index (χ3n) is 3.79. The Kier molecular flexibility index (Phi) is 3.65. The zero-order valence-electron chi connectivity index (χ0n) is 12.1. The van der Waals surface area contributed by atoms with Gasteiger partial charge in [0.1, 0.15) is 12.1 Å². The monoisotopic (exact) mass is 268 g/mol. The van der Waals surface area contributed by atoms with Crippen molar-refractivity contribution in [1.82, 2.24) is 14.9 Å². The largest absolute Gasteiger partial charge is 0.355 e. The Hall–Kier alpha value is -1.94. The van der Waals surface area contributed by atoms with E-state index < -0.39 is 0 Å². The van der Waals surface area contributed by atoms with Gasteiger partial charge in [-0.25, -0.2) is 9.97 Å². The molecule has 0 saturated carbocycles. The van der Waals surface area contributed by atoms with Crippen LogP contribution in [0.3, 0.4) is 0 Å². The van der Waals surface area contributed by atoms with E-state index in [1.807, 2.05) is 6.07 Å². The Morgan fingerprint density at radius 2 is 2.00 bits per heavy atom. The van der Waals surface area contributed by atoms with Crippen LogP contribution in [0.5, 0.6) is 0 Å². The van der Waals surface area contributed by atoms with Gasteiger partial charge in [0.15, 0.2) is 0 Å². The molecule has 0 saturated heterocycles. The van der Waals surface area contributed by atoms with Crippen LogP contribution < -0.4 is 4.90 Å². The van der Waals surface area contributed by atoms with Crippen molar-refractivity contribution in [2.45, 2.75) is 19.5 Å². The average molecular weight is 268 g/mol. The van der Waals surface area contributed by atoms with Crippen molar-refractivity contribution in [1.29, 1.82) is 0 Å². The Balaban J connectivity index is 1.86. The molecule has 1 aromatic heterocycles.